The highest BCUT2D eigenvalue weighted by molar-refractivity contribution is 7.95. The van der Waals surface area contributed by atoms with Crippen LogP contribution in [0.3, 0.4) is 0 Å². The van der Waals surface area contributed by atoms with Crippen molar-refractivity contribution in [3.8, 4) is 0 Å². The van der Waals surface area contributed by atoms with E-state index in [9.17, 15) is 13.5 Å². The minimum absolute atomic E-state index is 0.337. The number of hydrogen-bond acceptors (Lipinski definition) is 3. The molecule has 0 saturated carbocycles. The normalized spacial score (nSPS) is 18.1. The molecule has 0 unspecified atom stereocenters. The van der Waals surface area contributed by atoms with E-state index in [1.165, 1.54) is 5.41 Å². The molecule has 86 valence electrons. The molecule has 0 radical (unpaired) electrons. The van der Waals surface area contributed by atoms with Crippen LogP contribution in [0.5, 0.6) is 0 Å². The lowest BCUT2D eigenvalue weighted by Gasteiger charge is -2.17. The second kappa shape index (κ2) is 3.43. The maximum absolute atomic E-state index is 11.8. The summed E-state index contributed by atoms with van der Waals surface area (Å²) in [5, 5.41) is 11.0. The van der Waals surface area contributed by atoms with Gasteiger partial charge in [-0.05, 0) is 31.1 Å². The molecular weight excluding hydrogens is 224 g/mol. The fourth-order valence-electron chi connectivity index (χ4n) is 1.90. The van der Waals surface area contributed by atoms with Gasteiger partial charge >= 0.3 is 0 Å². The zero-order valence-electron chi connectivity index (χ0n) is 9.27. The van der Waals surface area contributed by atoms with Crippen molar-refractivity contribution in [2.75, 3.05) is 0 Å². The molecule has 1 aliphatic heterocycles. The molecule has 16 heavy (non-hydrogen) atoms. The van der Waals surface area contributed by atoms with E-state index in [1.54, 1.807) is 38.1 Å². The molecule has 0 amide bonds. The number of aliphatic hydroxyl groups is 1. The largest absolute Gasteiger partial charge is 0.390 e. The Labute approximate surface area is 95.3 Å². The van der Waals surface area contributed by atoms with Gasteiger partial charge in [-0.1, -0.05) is 18.2 Å². The summed E-state index contributed by atoms with van der Waals surface area (Å²) >= 11 is 0. The number of hydrogen-bond donors (Lipinski definition) is 1. The monoisotopic (exact) mass is 238 g/mol. The van der Waals surface area contributed by atoms with Crippen LogP contribution in [0.25, 0.3) is 5.57 Å². The minimum Gasteiger partial charge on any atom is -0.390 e. The summed E-state index contributed by atoms with van der Waals surface area (Å²) in [6.07, 6.45) is 0.337. The van der Waals surface area contributed by atoms with E-state index in [4.69, 9.17) is 0 Å². The Morgan fingerprint density at radius 2 is 1.88 bits per heavy atom. The number of rotatable bonds is 2. The van der Waals surface area contributed by atoms with E-state index >= 15 is 0 Å². The van der Waals surface area contributed by atoms with Gasteiger partial charge in [0, 0.05) is 11.8 Å². The van der Waals surface area contributed by atoms with Crippen LogP contribution in [0.15, 0.2) is 34.6 Å². The molecule has 0 saturated heterocycles. The summed E-state index contributed by atoms with van der Waals surface area (Å²) in [5.74, 6) is 0. The molecule has 3 nitrogen and oxygen atoms in total. The third-order valence-electron chi connectivity index (χ3n) is 2.46. The molecule has 0 fully saturated rings. The van der Waals surface area contributed by atoms with E-state index in [-0.39, 0.29) is 0 Å². The number of sulfone groups is 1. The SMILES string of the molecule is CC(C)(O)CC1=CS(=O)(=O)c2ccccc21. The van der Waals surface area contributed by atoms with Crippen molar-refractivity contribution in [2.24, 2.45) is 0 Å². The first-order valence-electron chi connectivity index (χ1n) is 5.07. The highest BCUT2D eigenvalue weighted by atomic mass is 32.2. The Hall–Kier alpha value is -1.13. The Kier molecular flexibility index (Phi) is 2.44. The Morgan fingerprint density at radius 3 is 2.50 bits per heavy atom. The van der Waals surface area contributed by atoms with Crippen molar-refractivity contribution in [1.82, 2.24) is 0 Å². The molecule has 1 aromatic rings. The van der Waals surface area contributed by atoms with Gasteiger partial charge in [-0.15, -0.1) is 0 Å². The average molecular weight is 238 g/mol. The zero-order chi connectivity index (χ0) is 12.0. The molecule has 0 spiro atoms. The third kappa shape index (κ3) is 2.03. The fourth-order valence-corrected chi connectivity index (χ4v) is 3.38. The molecule has 2 rings (SSSR count). The van der Waals surface area contributed by atoms with Crippen LogP contribution in [-0.4, -0.2) is 19.1 Å². The molecule has 4 heteroatoms. The summed E-state index contributed by atoms with van der Waals surface area (Å²) in [6, 6.07) is 6.88. The van der Waals surface area contributed by atoms with E-state index < -0.39 is 15.4 Å². The average Bonchev–Trinajstić information content (AvgIpc) is 2.37. The van der Waals surface area contributed by atoms with Gasteiger partial charge in [-0.2, -0.15) is 0 Å². The van der Waals surface area contributed by atoms with Crippen molar-refractivity contribution >= 4 is 15.4 Å². The van der Waals surface area contributed by atoms with Crippen LogP contribution >= 0.6 is 0 Å². The predicted molar refractivity (Wildman–Crippen MR) is 62.5 cm³/mol. The number of benzene rings is 1. The molecule has 1 heterocycles. The first kappa shape index (κ1) is 11.4. The predicted octanol–water partition coefficient (Wildman–Crippen LogP) is 1.98. The molecule has 0 atom stereocenters. The Morgan fingerprint density at radius 1 is 1.25 bits per heavy atom. The van der Waals surface area contributed by atoms with Gasteiger partial charge in [0.25, 0.3) is 0 Å². The molecule has 0 bridgehead atoms. The lowest BCUT2D eigenvalue weighted by Crippen LogP contribution is -2.18. The molecule has 1 aromatic carbocycles. The summed E-state index contributed by atoms with van der Waals surface area (Å²) in [6.45, 7) is 3.34. The van der Waals surface area contributed by atoms with E-state index in [0.29, 0.717) is 22.5 Å². The van der Waals surface area contributed by atoms with Crippen molar-refractivity contribution in [3.63, 3.8) is 0 Å². The smallest absolute Gasteiger partial charge is 0.200 e. The zero-order valence-corrected chi connectivity index (χ0v) is 10.1. The first-order valence-corrected chi connectivity index (χ1v) is 6.62. The second-order valence-corrected chi connectivity index (χ2v) is 6.44. The first-order chi connectivity index (χ1) is 7.30. The summed E-state index contributed by atoms with van der Waals surface area (Å²) in [4.78, 5) is 0.342. The number of fused-ring (bicyclic) bond motifs is 1. The van der Waals surface area contributed by atoms with Gasteiger partial charge in [0.05, 0.1) is 10.5 Å². The van der Waals surface area contributed by atoms with Gasteiger partial charge in [-0.3, -0.25) is 0 Å². The second-order valence-electron chi connectivity index (χ2n) is 4.67. The Balaban J connectivity index is 2.52. The van der Waals surface area contributed by atoms with Crippen LogP contribution in [0.1, 0.15) is 25.8 Å². The third-order valence-corrected chi connectivity index (χ3v) is 4.02. The lowest BCUT2D eigenvalue weighted by atomic mass is 9.95. The summed E-state index contributed by atoms with van der Waals surface area (Å²) in [7, 11) is -3.30. The van der Waals surface area contributed by atoms with Crippen LogP contribution < -0.4 is 0 Å². The quantitative estimate of drug-likeness (QED) is 0.857. The van der Waals surface area contributed by atoms with Gasteiger partial charge < -0.3 is 5.11 Å². The van der Waals surface area contributed by atoms with E-state index in [1.807, 2.05) is 0 Å². The van der Waals surface area contributed by atoms with Crippen LogP contribution in [0.2, 0.25) is 0 Å². The maximum atomic E-state index is 11.8. The van der Waals surface area contributed by atoms with Crippen LogP contribution in [0.4, 0.5) is 0 Å². The highest BCUT2D eigenvalue weighted by Crippen LogP contribution is 2.37. The van der Waals surface area contributed by atoms with Crippen molar-refractivity contribution in [2.45, 2.75) is 30.8 Å². The Bertz CT molecular complexity index is 548. The lowest BCUT2D eigenvalue weighted by molar-refractivity contribution is 0.0864. The fraction of sp³-hybridized carbons (Fsp3) is 0.333. The summed E-state index contributed by atoms with van der Waals surface area (Å²) in [5.41, 5.74) is 0.492. The van der Waals surface area contributed by atoms with E-state index in [2.05, 4.69) is 0 Å². The molecule has 1 N–H and O–H groups in total. The van der Waals surface area contributed by atoms with Gasteiger partial charge in [0.2, 0.25) is 9.84 Å². The van der Waals surface area contributed by atoms with E-state index in [0.717, 1.165) is 0 Å². The maximum Gasteiger partial charge on any atom is 0.200 e. The van der Waals surface area contributed by atoms with Gasteiger partial charge in [0.15, 0.2) is 0 Å². The highest BCUT2D eigenvalue weighted by Gasteiger charge is 2.29. The van der Waals surface area contributed by atoms with Crippen molar-refractivity contribution in [3.05, 3.63) is 35.2 Å². The van der Waals surface area contributed by atoms with Crippen molar-refractivity contribution in [1.29, 1.82) is 0 Å². The summed E-state index contributed by atoms with van der Waals surface area (Å²) < 4.78 is 23.6. The topological polar surface area (TPSA) is 54.4 Å². The molecule has 1 aliphatic rings. The standard InChI is InChI=1S/C12H14O3S/c1-12(2,13)7-9-8-16(14,15)11-6-4-3-5-10(9)11/h3-6,8,13H,7H2,1-2H3. The van der Waals surface area contributed by atoms with Gasteiger partial charge in [0.1, 0.15) is 0 Å². The van der Waals surface area contributed by atoms with Crippen LogP contribution in [-0.2, 0) is 9.84 Å². The van der Waals surface area contributed by atoms with Crippen LogP contribution in [0, 0.1) is 0 Å². The molecule has 0 aromatic heterocycles. The minimum atomic E-state index is -3.30. The van der Waals surface area contributed by atoms with Crippen molar-refractivity contribution < 1.29 is 13.5 Å². The molecule has 0 aliphatic carbocycles. The van der Waals surface area contributed by atoms with Gasteiger partial charge in [-0.25, -0.2) is 8.42 Å². The molecular formula is C12H14O3S.